The smallest absolute Gasteiger partial charge is 0.246 e. The fourth-order valence-corrected chi connectivity index (χ4v) is 2.61. The topological polar surface area (TPSA) is 38.8 Å². The van der Waals surface area contributed by atoms with Gasteiger partial charge in [0.2, 0.25) is 5.91 Å². The van der Waals surface area contributed by atoms with Gasteiger partial charge in [-0.15, -0.1) is 0 Å². The Bertz CT molecular complexity index is 547. The molecule has 22 heavy (non-hydrogen) atoms. The molecule has 1 aromatic carbocycles. The van der Waals surface area contributed by atoms with E-state index in [0.717, 1.165) is 5.56 Å². The fourth-order valence-electron chi connectivity index (χ4n) is 2.61. The summed E-state index contributed by atoms with van der Waals surface area (Å²) in [6.45, 7) is 10.1. The number of carbonyl (C=O) groups is 1. The minimum absolute atomic E-state index is 0.146. The maximum Gasteiger partial charge on any atom is 0.246 e. The lowest BCUT2D eigenvalue weighted by Crippen LogP contribution is -2.51. The molecule has 4 nitrogen and oxygen atoms in total. The molecule has 0 bridgehead atoms. The minimum Gasteiger partial charge on any atom is -0.346 e. The molecule has 1 aliphatic heterocycles. The molecule has 2 rings (SSSR count). The summed E-state index contributed by atoms with van der Waals surface area (Å²) in [4.78, 5) is 13.8. The summed E-state index contributed by atoms with van der Waals surface area (Å²) in [6, 6.07) is 4.50. The third-order valence-electron chi connectivity index (χ3n) is 4.23. The standard InChI is InChI=1S/C17H22FNO3/c1-5-16(20)19(13(3)17(4)21-9-10-22-17)11-14-12(2)7-6-8-15(14)18/h5-8,13H,1,9-11H2,2-4H3. The molecule has 5 heteroatoms. The summed E-state index contributed by atoms with van der Waals surface area (Å²) in [7, 11) is 0. The van der Waals surface area contributed by atoms with Crippen LogP contribution in [0.1, 0.15) is 25.0 Å². The molecule has 1 unspecified atom stereocenters. The van der Waals surface area contributed by atoms with Crippen molar-refractivity contribution in [2.75, 3.05) is 13.2 Å². The number of rotatable bonds is 5. The summed E-state index contributed by atoms with van der Waals surface area (Å²) < 4.78 is 25.4. The molecule has 1 fully saturated rings. The highest BCUT2D eigenvalue weighted by atomic mass is 19.1. The highest BCUT2D eigenvalue weighted by molar-refractivity contribution is 5.87. The second kappa shape index (κ2) is 6.58. The Morgan fingerprint density at radius 2 is 2.14 bits per heavy atom. The molecule has 1 saturated heterocycles. The van der Waals surface area contributed by atoms with Crippen molar-refractivity contribution in [3.8, 4) is 0 Å². The monoisotopic (exact) mass is 307 g/mol. The molecule has 0 aliphatic carbocycles. The summed E-state index contributed by atoms with van der Waals surface area (Å²) in [5.74, 6) is -1.50. The number of aryl methyl sites for hydroxylation is 1. The van der Waals surface area contributed by atoms with E-state index in [1.807, 2.05) is 19.9 Å². The number of benzene rings is 1. The largest absolute Gasteiger partial charge is 0.346 e. The summed E-state index contributed by atoms with van der Waals surface area (Å²) in [5.41, 5.74) is 1.29. The van der Waals surface area contributed by atoms with E-state index in [1.54, 1.807) is 13.0 Å². The van der Waals surface area contributed by atoms with Crippen molar-refractivity contribution in [1.29, 1.82) is 0 Å². The second-order valence-corrected chi connectivity index (χ2v) is 5.59. The number of carbonyl (C=O) groups excluding carboxylic acids is 1. The van der Waals surface area contributed by atoms with E-state index in [-0.39, 0.29) is 24.3 Å². The highest BCUT2D eigenvalue weighted by Crippen LogP contribution is 2.28. The van der Waals surface area contributed by atoms with Crippen molar-refractivity contribution in [1.82, 2.24) is 4.90 Å². The Kier molecular flexibility index (Phi) is 4.98. The van der Waals surface area contributed by atoms with Gasteiger partial charge in [0.15, 0.2) is 5.79 Å². The van der Waals surface area contributed by atoms with Crippen LogP contribution in [-0.4, -0.2) is 35.8 Å². The van der Waals surface area contributed by atoms with Gasteiger partial charge in [-0.25, -0.2) is 4.39 Å². The molecule has 1 aliphatic rings. The van der Waals surface area contributed by atoms with Gasteiger partial charge >= 0.3 is 0 Å². The number of nitrogens with zero attached hydrogens (tertiary/aromatic N) is 1. The van der Waals surface area contributed by atoms with Crippen LogP contribution in [0.3, 0.4) is 0 Å². The van der Waals surface area contributed by atoms with Crippen molar-refractivity contribution in [3.05, 3.63) is 47.8 Å². The normalized spacial score (nSPS) is 18.0. The zero-order valence-corrected chi connectivity index (χ0v) is 13.3. The number of ether oxygens (including phenoxy) is 2. The molecule has 1 heterocycles. The van der Waals surface area contributed by atoms with E-state index in [4.69, 9.17) is 9.47 Å². The Labute approximate surface area is 130 Å². The van der Waals surface area contributed by atoms with Crippen LogP contribution in [0, 0.1) is 12.7 Å². The minimum atomic E-state index is -0.891. The third kappa shape index (κ3) is 3.20. The fraction of sp³-hybridized carbons (Fsp3) is 0.471. The van der Waals surface area contributed by atoms with Gasteiger partial charge in [0.1, 0.15) is 5.82 Å². The number of hydrogen-bond donors (Lipinski definition) is 0. The van der Waals surface area contributed by atoms with Gasteiger partial charge in [-0.3, -0.25) is 4.79 Å². The molecule has 1 amide bonds. The van der Waals surface area contributed by atoms with Crippen molar-refractivity contribution in [2.45, 2.75) is 39.1 Å². The van der Waals surface area contributed by atoms with E-state index in [2.05, 4.69) is 6.58 Å². The quantitative estimate of drug-likeness (QED) is 0.785. The summed E-state index contributed by atoms with van der Waals surface area (Å²) >= 11 is 0. The van der Waals surface area contributed by atoms with Crippen LogP contribution in [0.4, 0.5) is 4.39 Å². The Morgan fingerprint density at radius 1 is 1.50 bits per heavy atom. The first kappa shape index (κ1) is 16.6. The maximum absolute atomic E-state index is 14.1. The zero-order valence-electron chi connectivity index (χ0n) is 13.3. The van der Waals surface area contributed by atoms with Crippen molar-refractivity contribution in [2.24, 2.45) is 0 Å². The molecule has 0 saturated carbocycles. The first-order valence-corrected chi connectivity index (χ1v) is 7.34. The Hall–Kier alpha value is -1.72. The van der Waals surface area contributed by atoms with Crippen LogP contribution in [0.15, 0.2) is 30.9 Å². The average molecular weight is 307 g/mol. The third-order valence-corrected chi connectivity index (χ3v) is 4.23. The van der Waals surface area contributed by atoms with Crippen LogP contribution < -0.4 is 0 Å². The average Bonchev–Trinajstić information content (AvgIpc) is 2.94. The van der Waals surface area contributed by atoms with Crippen LogP contribution in [0.5, 0.6) is 0 Å². The van der Waals surface area contributed by atoms with Gasteiger partial charge in [-0.1, -0.05) is 18.7 Å². The van der Waals surface area contributed by atoms with Crippen molar-refractivity contribution in [3.63, 3.8) is 0 Å². The lowest BCUT2D eigenvalue weighted by molar-refractivity contribution is -0.189. The number of hydrogen-bond acceptors (Lipinski definition) is 3. The van der Waals surface area contributed by atoms with Gasteiger partial charge in [0.25, 0.3) is 0 Å². The lowest BCUT2D eigenvalue weighted by atomic mass is 10.0. The first-order valence-electron chi connectivity index (χ1n) is 7.34. The summed E-state index contributed by atoms with van der Waals surface area (Å²) in [5, 5.41) is 0. The van der Waals surface area contributed by atoms with Gasteiger partial charge in [0.05, 0.1) is 19.3 Å². The molecule has 1 aromatic rings. The van der Waals surface area contributed by atoms with E-state index in [1.165, 1.54) is 17.0 Å². The van der Waals surface area contributed by atoms with E-state index in [0.29, 0.717) is 18.8 Å². The molecular weight excluding hydrogens is 285 g/mol. The first-order chi connectivity index (χ1) is 10.4. The SMILES string of the molecule is C=CC(=O)N(Cc1c(C)cccc1F)C(C)C1(C)OCCO1. The van der Waals surface area contributed by atoms with Crippen molar-refractivity contribution < 1.29 is 18.7 Å². The molecule has 0 N–H and O–H groups in total. The molecule has 0 radical (unpaired) electrons. The van der Waals surface area contributed by atoms with Gasteiger partial charge in [-0.2, -0.15) is 0 Å². The van der Waals surface area contributed by atoms with Crippen molar-refractivity contribution >= 4 is 5.91 Å². The van der Waals surface area contributed by atoms with E-state index >= 15 is 0 Å². The predicted molar refractivity (Wildman–Crippen MR) is 81.7 cm³/mol. The highest BCUT2D eigenvalue weighted by Gasteiger charge is 2.41. The van der Waals surface area contributed by atoms with Gasteiger partial charge < -0.3 is 14.4 Å². The Morgan fingerprint density at radius 3 is 2.68 bits per heavy atom. The zero-order chi connectivity index (χ0) is 16.3. The Balaban J connectivity index is 2.31. The predicted octanol–water partition coefficient (Wildman–Crippen LogP) is 2.80. The van der Waals surface area contributed by atoms with Gasteiger partial charge in [0, 0.05) is 12.1 Å². The van der Waals surface area contributed by atoms with Gasteiger partial charge in [-0.05, 0) is 38.5 Å². The number of amides is 1. The van der Waals surface area contributed by atoms with E-state index in [9.17, 15) is 9.18 Å². The number of halogens is 1. The second-order valence-electron chi connectivity index (χ2n) is 5.59. The van der Waals surface area contributed by atoms with Crippen LogP contribution in [0.2, 0.25) is 0 Å². The maximum atomic E-state index is 14.1. The van der Waals surface area contributed by atoms with Crippen LogP contribution >= 0.6 is 0 Å². The molecule has 1 atom stereocenters. The molecule has 0 spiro atoms. The summed E-state index contributed by atoms with van der Waals surface area (Å²) in [6.07, 6.45) is 1.23. The van der Waals surface area contributed by atoms with E-state index < -0.39 is 5.79 Å². The van der Waals surface area contributed by atoms with Crippen LogP contribution in [-0.2, 0) is 20.8 Å². The molecular formula is C17H22FNO3. The molecule has 120 valence electrons. The van der Waals surface area contributed by atoms with Crippen LogP contribution in [0.25, 0.3) is 0 Å². The molecule has 0 aromatic heterocycles. The lowest BCUT2D eigenvalue weighted by Gasteiger charge is -2.38.